The molecule has 2 N–H and O–H groups in total. The number of anilines is 1. The van der Waals surface area contributed by atoms with Crippen LogP contribution in [0.5, 0.6) is 0 Å². The minimum absolute atomic E-state index is 0.00477. The van der Waals surface area contributed by atoms with Gasteiger partial charge in [-0.2, -0.15) is 0 Å². The predicted octanol–water partition coefficient (Wildman–Crippen LogP) is 3.58. The molecule has 3 heterocycles. The summed E-state index contributed by atoms with van der Waals surface area (Å²) in [5, 5.41) is -0.203. The lowest BCUT2D eigenvalue weighted by molar-refractivity contribution is -0.141. The highest BCUT2D eigenvalue weighted by atomic mass is 32.2. The third-order valence-corrected chi connectivity index (χ3v) is 8.49. The lowest BCUT2D eigenvalue weighted by atomic mass is 9.97. The number of nitrogens with two attached hydrogens (primary N) is 1. The van der Waals surface area contributed by atoms with Crippen LogP contribution >= 0.6 is 23.5 Å². The van der Waals surface area contributed by atoms with E-state index in [0.29, 0.717) is 30.5 Å². The number of hydrogen-bond acceptors (Lipinski definition) is 11. The first-order chi connectivity index (χ1) is 16.9. The Bertz CT molecular complexity index is 1090. The molecule has 2 aliphatic rings. The molecule has 0 amide bonds. The quantitative estimate of drug-likeness (QED) is 0.490. The van der Waals surface area contributed by atoms with Crippen molar-refractivity contribution in [2.24, 2.45) is 0 Å². The van der Waals surface area contributed by atoms with Crippen LogP contribution < -0.4 is 5.73 Å². The monoisotopic (exact) mass is 517 g/mol. The average Bonchev–Trinajstić information content (AvgIpc) is 3.40. The van der Waals surface area contributed by atoms with Crippen LogP contribution in [-0.2, 0) is 23.8 Å². The van der Waals surface area contributed by atoms with Crippen LogP contribution in [0.2, 0.25) is 0 Å². The van der Waals surface area contributed by atoms with Gasteiger partial charge < -0.3 is 19.9 Å². The SMILES string of the molecule is CC[C@H](OC(=O)c1ccccc1)[C@H]1O[C@@H](CCC2C(=O)Sc3cnc(N)nc32)[C@H](CC(=O)OC)S1. The molecule has 4 rings (SSSR count). The van der Waals surface area contributed by atoms with Gasteiger partial charge in [0.25, 0.3) is 0 Å². The first-order valence-corrected chi connectivity index (χ1v) is 13.1. The summed E-state index contributed by atoms with van der Waals surface area (Å²) in [5.74, 6) is -1.04. The first kappa shape index (κ1) is 25.5. The largest absolute Gasteiger partial charge is 0.469 e. The fraction of sp³-hybridized carbons (Fsp3) is 0.458. The van der Waals surface area contributed by atoms with Crippen LogP contribution in [0.15, 0.2) is 41.4 Å². The second-order valence-electron chi connectivity index (χ2n) is 8.24. The minimum atomic E-state index is -0.491. The molecule has 0 radical (unpaired) electrons. The van der Waals surface area contributed by atoms with E-state index < -0.39 is 23.4 Å². The summed E-state index contributed by atoms with van der Waals surface area (Å²) >= 11 is 2.59. The van der Waals surface area contributed by atoms with Crippen molar-refractivity contribution in [2.45, 2.75) is 66.3 Å². The van der Waals surface area contributed by atoms with Crippen LogP contribution in [0.1, 0.15) is 54.6 Å². The molecule has 1 fully saturated rings. The molecule has 0 aliphatic carbocycles. The number of aromatic nitrogens is 2. The normalized spacial score (nSPS) is 24.1. The summed E-state index contributed by atoms with van der Waals surface area (Å²) in [6, 6.07) is 8.79. The van der Waals surface area contributed by atoms with Gasteiger partial charge in [-0.15, -0.1) is 11.8 Å². The molecule has 1 aromatic heterocycles. The third-order valence-electron chi connectivity index (χ3n) is 5.97. The molecule has 2 aliphatic heterocycles. The smallest absolute Gasteiger partial charge is 0.338 e. The number of methoxy groups -OCH3 is 1. The molecule has 1 unspecified atom stereocenters. The number of hydrogen-bond donors (Lipinski definition) is 1. The zero-order valence-corrected chi connectivity index (χ0v) is 21.1. The summed E-state index contributed by atoms with van der Waals surface area (Å²) in [5.41, 5.74) is 6.40. The topological polar surface area (TPSA) is 131 Å². The Labute approximate surface area is 211 Å². The van der Waals surface area contributed by atoms with Crippen LogP contribution in [0.4, 0.5) is 5.95 Å². The highest BCUT2D eigenvalue weighted by molar-refractivity contribution is 8.14. The highest BCUT2D eigenvalue weighted by Gasteiger charge is 2.43. The van der Waals surface area contributed by atoms with E-state index in [2.05, 4.69) is 9.97 Å². The van der Waals surface area contributed by atoms with Crippen LogP contribution in [0.25, 0.3) is 0 Å². The van der Waals surface area contributed by atoms with Crippen molar-refractivity contribution in [2.75, 3.05) is 12.8 Å². The van der Waals surface area contributed by atoms with Crippen molar-refractivity contribution in [3.05, 3.63) is 47.8 Å². The fourth-order valence-electron chi connectivity index (χ4n) is 4.12. The van der Waals surface area contributed by atoms with E-state index in [1.165, 1.54) is 18.9 Å². The van der Waals surface area contributed by atoms with Crippen molar-refractivity contribution < 1.29 is 28.6 Å². The Kier molecular flexibility index (Phi) is 8.30. The number of benzene rings is 1. The molecule has 1 saturated heterocycles. The van der Waals surface area contributed by atoms with Crippen LogP contribution in [0, 0.1) is 0 Å². The highest BCUT2D eigenvalue weighted by Crippen LogP contribution is 2.45. The third kappa shape index (κ3) is 5.96. The molecule has 0 saturated carbocycles. The van der Waals surface area contributed by atoms with E-state index >= 15 is 0 Å². The number of thioether (sulfide) groups is 2. The number of rotatable bonds is 9. The minimum Gasteiger partial charge on any atom is -0.469 e. The van der Waals surface area contributed by atoms with Crippen molar-refractivity contribution in [1.82, 2.24) is 9.97 Å². The molecule has 0 spiro atoms. The van der Waals surface area contributed by atoms with E-state index in [0.717, 1.165) is 16.7 Å². The second-order valence-corrected chi connectivity index (χ2v) is 10.6. The predicted molar refractivity (Wildman–Crippen MR) is 132 cm³/mol. The number of carbonyl (C=O) groups excluding carboxylic acids is 3. The molecule has 11 heteroatoms. The van der Waals surface area contributed by atoms with Gasteiger partial charge in [-0.05, 0) is 43.2 Å². The van der Waals surface area contributed by atoms with Gasteiger partial charge in [0.1, 0.15) is 11.5 Å². The van der Waals surface area contributed by atoms with Gasteiger partial charge in [0, 0.05) is 11.4 Å². The lowest BCUT2D eigenvalue weighted by Crippen LogP contribution is -2.30. The number of carbonyl (C=O) groups is 3. The van der Waals surface area contributed by atoms with Crippen LogP contribution in [0.3, 0.4) is 0 Å². The van der Waals surface area contributed by atoms with Crippen LogP contribution in [-0.4, -0.2) is 57.0 Å². The van der Waals surface area contributed by atoms with E-state index in [9.17, 15) is 14.4 Å². The molecular formula is C24H27N3O6S2. The van der Waals surface area contributed by atoms with Crippen molar-refractivity contribution >= 4 is 46.5 Å². The van der Waals surface area contributed by atoms with Gasteiger partial charge in [-0.3, -0.25) is 9.59 Å². The molecular weight excluding hydrogens is 490 g/mol. The Morgan fingerprint density at radius 1 is 1.23 bits per heavy atom. The Morgan fingerprint density at radius 2 is 2.00 bits per heavy atom. The zero-order valence-electron chi connectivity index (χ0n) is 19.4. The lowest BCUT2D eigenvalue weighted by Gasteiger charge is -2.22. The second kappa shape index (κ2) is 11.4. The maximum Gasteiger partial charge on any atom is 0.338 e. The molecule has 5 atom stereocenters. The summed E-state index contributed by atoms with van der Waals surface area (Å²) in [6.45, 7) is 1.92. The maximum atomic E-state index is 12.6. The summed E-state index contributed by atoms with van der Waals surface area (Å²) < 4.78 is 17.0. The summed E-state index contributed by atoms with van der Waals surface area (Å²) in [4.78, 5) is 46.3. The first-order valence-electron chi connectivity index (χ1n) is 11.4. The van der Waals surface area contributed by atoms with Gasteiger partial charge in [-0.1, -0.05) is 25.1 Å². The van der Waals surface area contributed by atoms with Gasteiger partial charge in [0.05, 0.1) is 41.7 Å². The van der Waals surface area contributed by atoms with E-state index in [1.54, 1.807) is 30.5 Å². The van der Waals surface area contributed by atoms with Gasteiger partial charge in [-0.25, -0.2) is 14.8 Å². The van der Waals surface area contributed by atoms with Crippen molar-refractivity contribution in [3.8, 4) is 0 Å². The number of fused-ring (bicyclic) bond motifs is 1. The Hall–Kier alpha value is -2.63. The average molecular weight is 518 g/mol. The van der Waals surface area contributed by atoms with E-state index in [1.807, 2.05) is 13.0 Å². The maximum absolute atomic E-state index is 12.6. The zero-order chi connectivity index (χ0) is 24.9. The van der Waals surface area contributed by atoms with Gasteiger partial charge >= 0.3 is 11.9 Å². The number of nitrogen functional groups attached to an aromatic ring is 1. The Balaban J connectivity index is 1.45. The standard InChI is InChI=1S/C24H27N3O6S2/c1-3-15(32-21(29)13-7-5-4-6-8-13)23-33-16(17(35-23)11-19(28)31-2)10-9-14-20-18(34-22(14)30)12-26-24(25)27-20/h4-8,12,14-17,23H,3,9-11H2,1-2H3,(H2,25,26,27)/t14?,15-,16-,17-,23-/m0/s1. The Morgan fingerprint density at radius 3 is 2.71 bits per heavy atom. The molecule has 186 valence electrons. The van der Waals surface area contributed by atoms with Crippen molar-refractivity contribution in [3.63, 3.8) is 0 Å². The molecule has 1 aromatic carbocycles. The number of ether oxygens (including phenoxy) is 3. The fourth-order valence-corrected chi connectivity index (χ4v) is 6.69. The summed E-state index contributed by atoms with van der Waals surface area (Å²) in [7, 11) is 1.35. The van der Waals surface area contributed by atoms with Crippen molar-refractivity contribution in [1.29, 1.82) is 0 Å². The van der Waals surface area contributed by atoms with Gasteiger partial charge in [0.2, 0.25) is 11.1 Å². The number of esters is 2. The molecule has 2 aromatic rings. The molecule has 35 heavy (non-hydrogen) atoms. The molecule has 0 bridgehead atoms. The van der Waals surface area contributed by atoms with E-state index in [-0.39, 0.29) is 34.8 Å². The van der Waals surface area contributed by atoms with E-state index in [4.69, 9.17) is 19.9 Å². The summed E-state index contributed by atoms with van der Waals surface area (Å²) in [6.07, 6.45) is 2.48. The van der Waals surface area contributed by atoms with Gasteiger partial charge in [0.15, 0.2) is 0 Å². The number of nitrogens with zero attached hydrogens (tertiary/aromatic N) is 2. The molecule has 9 nitrogen and oxygen atoms in total.